The van der Waals surface area contributed by atoms with Crippen LogP contribution in [0.5, 0.6) is 0 Å². The minimum Gasteiger partial charge on any atom is -0.321 e. The fourth-order valence-electron chi connectivity index (χ4n) is 1.49. The zero-order valence-corrected chi connectivity index (χ0v) is 7.77. The van der Waals surface area contributed by atoms with E-state index in [2.05, 4.69) is 11.9 Å². The quantitative estimate of drug-likeness (QED) is 0.599. The van der Waals surface area contributed by atoms with E-state index in [1.807, 2.05) is 26.0 Å². The number of carbonyl (C=O) groups excluding carboxylic acids is 1. The molecule has 1 aliphatic rings. The molecule has 0 aliphatic carbocycles. The zero-order valence-electron chi connectivity index (χ0n) is 7.77. The van der Waals surface area contributed by atoms with Gasteiger partial charge in [0.25, 0.3) is 5.91 Å². The van der Waals surface area contributed by atoms with Crippen LogP contribution in [0.2, 0.25) is 0 Å². The van der Waals surface area contributed by atoms with Gasteiger partial charge in [-0.3, -0.25) is 4.79 Å². The number of fused-ring (bicyclic) bond motifs is 1. The largest absolute Gasteiger partial charge is 0.321 e. The van der Waals surface area contributed by atoms with Crippen molar-refractivity contribution in [3.8, 4) is 0 Å². The zero-order chi connectivity index (χ0) is 9.59. The Balaban J connectivity index is 2.66. The van der Waals surface area contributed by atoms with Crippen LogP contribution in [0.4, 0.5) is 5.69 Å². The lowest BCUT2D eigenvalue weighted by atomic mass is 10.0. The van der Waals surface area contributed by atoms with Gasteiger partial charge in [-0.1, -0.05) is 6.58 Å². The summed E-state index contributed by atoms with van der Waals surface area (Å²) in [6.45, 7) is 7.80. The molecule has 1 aromatic carbocycles. The Morgan fingerprint density at radius 3 is 2.54 bits per heavy atom. The minimum absolute atomic E-state index is 0.0833. The molecule has 1 heterocycles. The van der Waals surface area contributed by atoms with E-state index in [1.165, 1.54) is 11.1 Å². The monoisotopic (exact) mass is 173 g/mol. The summed E-state index contributed by atoms with van der Waals surface area (Å²) in [5.41, 5.74) is 4.77. The number of hydrogen-bond acceptors (Lipinski definition) is 1. The van der Waals surface area contributed by atoms with Crippen molar-refractivity contribution in [2.75, 3.05) is 5.32 Å². The van der Waals surface area contributed by atoms with Gasteiger partial charge in [-0.2, -0.15) is 0 Å². The van der Waals surface area contributed by atoms with Gasteiger partial charge in [0.2, 0.25) is 0 Å². The summed E-state index contributed by atoms with van der Waals surface area (Å²) in [7, 11) is 0. The standard InChI is InChI=1S/C11H11NO/c1-6-4-9-8(3)11(13)12-10(9)5-7(6)2/h4-5H,3H2,1-2H3,(H,12,13). The first kappa shape index (κ1) is 8.05. The van der Waals surface area contributed by atoms with Gasteiger partial charge in [-0.15, -0.1) is 0 Å². The van der Waals surface area contributed by atoms with E-state index >= 15 is 0 Å². The van der Waals surface area contributed by atoms with E-state index in [9.17, 15) is 4.79 Å². The van der Waals surface area contributed by atoms with Crippen molar-refractivity contribution >= 4 is 17.2 Å². The van der Waals surface area contributed by atoms with E-state index in [0.29, 0.717) is 5.57 Å². The molecule has 2 nitrogen and oxygen atoms in total. The van der Waals surface area contributed by atoms with Gasteiger partial charge >= 0.3 is 0 Å². The van der Waals surface area contributed by atoms with Crippen LogP contribution in [0, 0.1) is 13.8 Å². The number of anilines is 1. The molecule has 0 fully saturated rings. The first-order valence-corrected chi connectivity index (χ1v) is 4.21. The van der Waals surface area contributed by atoms with E-state index in [4.69, 9.17) is 0 Å². The molecule has 0 radical (unpaired) electrons. The van der Waals surface area contributed by atoms with Gasteiger partial charge in [0.05, 0.1) is 0 Å². The van der Waals surface area contributed by atoms with Crippen LogP contribution < -0.4 is 5.32 Å². The lowest BCUT2D eigenvalue weighted by Gasteiger charge is -2.03. The maximum atomic E-state index is 11.2. The molecule has 0 aromatic heterocycles. The molecule has 1 N–H and O–H groups in total. The van der Waals surface area contributed by atoms with Crippen LogP contribution >= 0.6 is 0 Å². The molecule has 2 rings (SSSR count). The van der Waals surface area contributed by atoms with Crippen LogP contribution in [-0.2, 0) is 4.79 Å². The highest BCUT2D eigenvalue weighted by Crippen LogP contribution is 2.32. The Labute approximate surface area is 77.3 Å². The maximum absolute atomic E-state index is 11.2. The normalized spacial score (nSPS) is 14.3. The number of aryl methyl sites for hydroxylation is 2. The molecule has 13 heavy (non-hydrogen) atoms. The average Bonchev–Trinajstić information content (AvgIpc) is 2.32. The summed E-state index contributed by atoms with van der Waals surface area (Å²) < 4.78 is 0. The van der Waals surface area contributed by atoms with E-state index < -0.39 is 0 Å². The Kier molecular flexibility index (Phi) is 1.52. The molecule has 0 spiro atoms. The molecule has 1 aliphatic heterocycles. The Morgan fingerprint density at radius 2 is 1.85 bits per heavy atom. The van der Waals surface area contributed by atoms with Gasteiger partial charge in [-0.25, -0.2) is 0 Å². The number of carbonyl (C=O) groups is 1. The number of benzene rings is 1. The van der Waals surface area contributed by atoms with Crippen molar-refractivity contribution in [2.45, 2.75) is 13.8 Å². The molecule has 0 bridgehead atoms. The lowest BCUT2D eigenvalue weighted by molar-refractivity contribution is -0.110. The molecule has 0 atom stereocenters. The fraction of sp³-hybridized carbons (Fsp3) is 0.182. The van der Waals surface area contributed by atoms with E-state index in [1.54, 1.807) is 0 Å². The SMILES string of the molecule is C=C1C(=O)Nc2cc(C)c(C)cc21. The Bertz CT molecular complexity index is 418. The predicted octanol–water partition coefficient (Wildman–Crippen LogP) is 2.27. The van der Waals surface area contributed by atoms with Crippen LogP contribution in [0.15, 0.2) is 18.7 Å². The molecule has 1 amide bonds. The van der Waals surface area contributed by atoms with Crippen molar-refractivity contribution < 1.29 is 4.79 Å². The van der Waals surface area contributed by atoms with Crippen LogP contribution in [0.25, 0.3) is 5.57 Å². The summed E-state index contributed by atoms with van der Waals surface area (Å²) in [5.74, 6) is -0.0833. The third-order valence-electron chi connectivity index (χ3n) is 2.48. The fourth-order valence-corrected chi connectivity index (χ4v) is 1.49. The van der Waals surface area contributed by atoms with Gasteiger partial charge in [0.15, 0.2) is 0 Å². The molecule has 2 heteroatoms. The first-order valence-electron chi connectivity index (χ1n) is 4.21. The van der Waals surface area contributed by atoms with Gasteiger partial charge in [0.1, 0.15) is 0 Å². The second-order valence-electron chi connectivity index (χ2n) is 3.41. The first-order chi connectivity index (χ1) is 6.09. The topological polar surface area (TPSA) is 29.1 Å². The highest BCUT2D eigenvalue weighted by molar-refractivity contribution is 6.31. The van der Waals surface area contributed by atoms with Crippen molar-refractivity contribution in [1.29, 1.82) is 0 Å². The minimum atomic E-state index is -0.0833. The molecule has 1 aromatic rings. The molecule has 0 saturated heterocycles. The van der Waals surface area contributed by atoms with Crippen molar-refractivity contribution in [3.63, 3.8) is 0 Å². The van der Waals surface area contributed by atoms with Crippen molar-refractivity contribution in [3.05, 3.63) is 35.4 Å². The number of nitrogens with one attached hydrogen (secondary N) is 1. The summed E-state index contributed by atoms with van der Waals surface area (Å²) in [6.07, 6.45) is 0. The Morgan fingerprint density at radius 1 is 1.23 bits per heavy atom. The number of hydrogen-bond donors (Lipinski definition) is 1. The van der Waals surface area contributed by atoms with Crippen LogP contribution in [0.1, 0.15) is 16.7 Å². The summed E-state index contributed by atoms with van der Waals surface area (Å²) in [6, 6.07) is 3.99. The lowest BCUT2D eigenvalue weighted by Crippen LogP contribution is -2.02. The third-order valence-corrected chi connectivity index (χ3v) is 2.48. The average molecular weight is 173 g/mol. The second kappa shape index (κ2) is 2.46. The smallest absolute Gasteiger partial charge is 0.255 e. The molecular weight excluding hydrogens is 162 g/mol. The van der Waals surface area contributed by atoms with Gasteiger partial charge < -0.3 is 5.32 Å². The molecule has 66 valence electrons. The Hall–Kier alpha value is -1.57. The van der Waals surface area contributed by atoms with Crippen LogP contribution in [-0.4, -0.2) is 5.91 Å². The predicted molar refractivity (Wildman–Crippen MR) is 53.6 cm³/mol. The number of rotatable bonds is 0. The molecule has 0 unspecified atom stereocenters. The van der Waals surface area contributed by atoms with Gasteiger partial charge in [0, 0.05) is 16.8 Å². The van der Waals surface area contributed by atoms with Crippen molar-refractivity contribution in [1.82, 2.24) is 0 Å². The van der Waals surface area contributed by atoms with Crippen LogP contribution in [0.3, 0.4) is 0 Å². The van der Waals surface area contributed by atoms with E-state index in [0.717, 1.165) is 11.3 Å². The summed E-state index contributed by atoms with van der Waals surface area (Å²) >= 11 is 0. The summed E-state index contributed by atoms with van der Waals surface area (Å²) in [4.78, 5) is 11.2. The highest BCUT2D eigenvalue weighted by Gasteiger charge is 2.22. The third kappa shape index (κ3) is 1.06. The molecule has 0 saturated carbocycles. The second-order valence-corrected chi connectivity index (χ2v) is 3.41. The highest BCUT2D eigenvalue weighted by atomic mass is 16.1. The van der Waals surface area contributed by atoms with Crippen molar-refractivity contribution in [2.24, 2.45) is 0 Å². The number of amides is 1. The van der Waals surface area contributed by atoms with Gasteiger partial charge in [-0.05, 0) is 37.1 Å². The summed E-state index contributed by atoms with van der Waals surface area (Å²) in [5, 5.41) is 2.78. The molecular formula is C11H11NO. The van der Waals surface area contributed by atoms with E-state index in [-0.39, 0.29) is 5.91 Å². The maximum Gasteiger partial charge on any atom is 0.255 e.